The lowest BCUT2D eigenvalue weighted by atomic mass is 9.93. The molecule has 2 heteroatoms. The van der Waals surface area contributed by atoms with E-state index in [1.807, 2.05) is 12.1 Å². The molecule has 0 radical (unpaired) electrons. The first kappa shape index (κ1) is 24.2. The summed E-state index contributed by atoms with van der Waals surface area (Å²) in [5.74, 6) is 0. The molecule has 0 unspecified atom stereocenters. The zero-order valence-electron chi connectivity index (χ0n) is 24.8. The van der Waals surface area contributed by atoms with Gasteiger partial charge in [-0.3, -0.25) is 0 Å². The Bertz CT molecular complexity index is 2890. The maximum Gasteiger partial charge on any atom is 0.136 e. The van der Waals surface area contributed by atoms with Crippen molar-refractivity contribution in [3.05, 3.63) is 152 Å². The molecule has 0 bridgehead atoms. The summed E-state index contributed by atoms with van der Waals surface area (Å²) in [6.07, 6.45) is 0. The minimum atomic E-state index is 0.923. The Morgan fingerprint density at radius 3 is 1.98 bits per heavy atom. The number of aromatic nitrogens is 1. The second-order valence-corrected chi connectivity index (χ2v) is 12.5. The zero-order chi connectivity index (χ0) is 29.9. The van der Waals surface area contributed by atoms with Crippen LogP contribution in [0.5, 0.6) is 0 Å². The van der Waals surface area contributed by atoms with Crippen LogP contribution in [-0.4, -0.2) is 4.57 Å². The first-order chi connectivity index (χ1) is 22.8. The molecule has 0 saturated heterocycles. The highest BCUT2D eigenvalue weighted by Gasteiger charge is 2.22. The van der Waals surface area contributed by atoms with Gasteiger partial charge in [0.2, 0.25) is 0 Å². The van der Waals surface area contributed by atoms with Gasteiger partial charge < -0.3 is 8.98 Å². The summed E-state index contributed by atoms with van der Waals surface area (Å²) in [6.45, 7) is 0. The fourth-order valence-electron chi connectivity index (χ4n) is 8.06. The average Bonchev–Trinajstić information content (AvgIpc) is 3.75. The second kappa shape index (κ2) is 8.74. The van der Waals surface area contributed by atoms with Gasteiger partial charge in [0.25, 0.3) is 0 Å². The van der Waals surface area contributed by atoms with Gasteiger partial charge in [0.05, 0.1) is 11.0 Å². The standard InChI is InChI=1S/C44H25NO/c1-2-9-32-31(8-1)36-13-7-12-35-30(20-21-37(32)44(35)36)28-17-16-27-23-29(19-18-26(27)22-28)45-40-14-5-3-10-33(40)38-25-43-39(24-41(38)45)34-11-4-6-15-42(34)46-43/h1-25H. The number of fused-ring (bicyclic) bond motifs is 10. The van der Waals surface area contributed by atoms with Gasteiger partial charge in [-0.25, -0.2) is 0 Å². The van der Waals surface area contributed by atoms with Crippen molar-refractivity contribution in [2.24, 2.45) is 0 Å². The van der Waals surface area contributed by atoms with Crippen molar-refractivity contribution >= 4 is 65.3 Å². The third-order valence-corrected chi connectivity index (χ3v) is 10.1. The first-order valence-corrected chi connectivity index (χ1v) is 15.8. The third kappa shape index (κ3) is 3.15. The first-order valence-electron chi connectivity index (χ1n) is 15.8. The van der Waals surface area contributed by atoms with Crippen molar-refractivity contribution in [1.82, 2.24) is 4.57 Å². The minimum Gasteiger partial charge on any atom is -0.456 e. The monoisotopic (exact) mass is 583 g/mol. The quantitative estimate of drug-likeness (QED) is 0.198. The molecule has 0 fully saturated rings. The summed E-state index contributed by atoms with van der Waals surface area (Å²) < 4.78 is 8.68. The van der Waals surface area contributed by atoms with Gasteiger partial charge in [0.1, 0.15) is 11.2 Å². The highest BCUT2D eigenvalue weighted by molar-refractivity contribution is 6.19. The van der Waals surface area contributed by atoms with Crippen molar-refractivity contribution < 1.29 is 4.42 Å². The van der Waals surface area contributed by atoms with Crippen molar-refractivity contribution in [2.75, 3.05) is 0 Å². The predicted molar refractivity (Wildman–Crippen MR) is 193 cm³/mol. The van der Waals surface area contributed by atoms with Gasteiger partial charge in [-0.1, -0.05) is 109 Å². The van der Waals surface area contributed by atoms with E-state index in [-0.39, 0.29) is 0 Å². The van der Waals surface area contributed by atoms with E-state index in [9.17, 15) is 0 Å². The molecule has 10 aromatic rings. The molecule has 0 atom stereocenters. The molecule has 2 heterocycles. The number of furan rings is 1. The van der Waals surface area contributed by atoms with Crippen molar-refractivity contribution in [2.45, 2.75) is 0 Å². The summed E-state index contributed by atoms with van der Waals surface area (Å²) in [4.78, 5) is 0. The van der Waals surface area contributed by atoms with E-state index in [0.29, 0.717) is 0 Å². The average molecular weight is 584 g/mol. The maximum atomic E-state index is 6.28. The van der Waals surface area contributed by atoms with Crippen molar-refractivity contribution in [1.29, 1.82) is 0 Å². The van der Waals surface area contributed by atoms with Crippen LogP contribution in [0.1, 0.15) is 0 Å². The summed E-state index contributed by atoms with van der Waals surface area (Å²) in [7, 11) is 0. The van der Waals surface area contributed by atoms with Gasteiger partial charge in [-0.2, -0.15) is 0 Å². The molecule has 0 aliphatic heterocycles. The highest BCUT2D eigenvalue weighted by atomic mass is 16.3. The molecule has 46 heavy (non-hydrogen) atoms. The lowest BCUT2D eigenvalue weighted by Gasteiger charge is -2.12. The van der Waals surface area contributed by atoms with E-state index in [1.54, 1.807) is 0 Å². The van der Waals surface area contributed by atoms with Crippen molar-refractivity contribution in [3.63, 3.8) is 0 Å². The molecule has 1 aliphatic carbocycles. The molecular formula is C44H25NO. The summed E-state index contributed by atoms with van der Waals surface area (Å²) >= 11 is 0. The summed E-state index contributed by atoms with van der Waals surface area (Å²) in [5, 5.41) is 9.85. The molecular weight excluding hydrogens is 558 g/mol. The molecule has 212 valence electrons. The highest BCUT2D eigenvalue weighted by Crippen LogP contribution is 2.49. The number of rotatable bonds is 2. The topological polar surface area (TPSA) is 18.1 Å². The molecule has 2 aromatic heterocycles. The Morgan fingerprint density at radius 1 is 0.370 bits per heavy atom. The number of hydrogen-bond donors (Lipinski definition) is 0. The minimum absolute atomic E-state index is 0.923. The zero-order valence-corrected chi connectivity index (χ0v) is 24.8. The Labute approximate surface area is 264 Å². The number of nitrogens with zero attached hydrogens (tertiary/aromatic N) is 1. The van der Waals surface area contributed by atoms with Gasteiger partial charge in [0, 0.05) is 27.2 Å². The fraction of sp³-hybridized carbons (Fsp3) is 0. The van der Waals surface area contributed by atoms with E-state index in [1.165, 1.54) is 76.7 Å². The van der Waals surface area contributed by atoms with Crippen LogP contribution in [0, 0.1) is 0 Å². The Morgan fingerprint density at radius 2 is 1.07 bits per heavy atom. The smallest absolute Gasteiger partial charge is 0.136 e. The van der Waals surface area contributed by atoms with E-state index in [2.05, 4.69) is 144 Å². The SMILES string of the molecule is c1ccc2c(c1)-c1cccc3c(-c4ccc5cc(-n6c7ccccc7c7cc8oc9ccccc9c8cc76)ccc5c4)ccc-2c13. The molecule has 1 aliphatic rings. The number of benzene rings is 8. The van der Waals surface area contributed by atoms with E-state index < -0.39 is 0 Å². The Kier molecular flexibility index (Phi) is 4.61. The molecule has 2 nitrogen and oxygen atoms in total. The molecule has 0 spiro atoms. The third-order valence-electron chi connectivity index (χ3n) is 10.1. The molecule has 8 aromatic carbocycles. The lowest BCUT2D eigenvalue weighted by Crippen LogP contribution is -1.94. The fourth-order valence-corrected chi connectivity index (χ4v) is 8.06. The molecule has 0 saturated carbocycles. The van der Waals surface area contributed by atoms with Crippen LogP contribution in [0.2, 0.25) is 0 Å². The normalized spacial score (nSPS) is 12.3. The summed E-state index contributed by atoms with van der Waals surface area (Å²) in [5.41, 5.74) is 13.2. The van der Waals surface area contributed by atoms with Crippen LogP contribution in [0.3, 0.4) is 0 Å². The van der Waals surface area contributed by atoms with Crippen LogP contribution in [0.15, 0.2) is 156 Å². The van der Waals surface area contributed by atoms with Crippen LogP contribution in [-0.2, 0) is 0 Å². The largest absolute Gasteiger partial charge is 0.456 e. The van der Waals surface area contributed by atoms with Crippen LogP contribution in [0.4, 0.5) is 0 Å². The van der Waals surface area contributed by atoms with Crippen molar-refractivity contribution in [3.8, 4) is 39.1 Å². The number of para-hydroxylation sites is 2. The van der Waals surface area contributed by atoms with Gasteiger partial charge >= 0.3 is 0 Å². The van der Waals surface area contributed by atoms with Crippen LogP contribution in [0.25, 0.3) is 104 Å². The Balaban J connectivity index is 1.09. The number of hydrogen-bond acceptors (Lipinski definition) is 1. The van der Waals surface area contributed by atoms with Gasteiger partial charge in [0.15, 0.2) is 0 Å². The lowest BCUT2D eigenvalue weighted by molar-refractivity contribution is 0.669. The molecule has 0 N–H and O–H groups in total. The predicted octanol–water partition coefficient (Wildman–Crippen LogP) is 12.3. The van der Waals surface area contributed by atoms with Gasteiger partial charge in [-0.15, -0.1) is 0 Å². The van der Waals surface area contributed by atoms with Crippen LogP contribution >= 0.6 is 0 Å². The van der Waals surface area contributed by atoms with Gasteiger partial charge in [-0.05, 0) is 97.4 Å². The second-order valence-electron chi connectivity index (χ2n) is 12.5. The van der Waals surface area contributed by atoms with E-state index in [0.717, 1.165) is 27.6 Å². The van der Waals surface area contributed by atoms with E-state index in [4.69, 9.17) is 4.42 Å². The van der Waals surface area contributed by atoms with Crippen LogP contribution < -0.4 is 0 Å². The maximum absolute atomic E-state index is 6.28. The summed E-state index contributed by atoms with van der Waals surface area (Å²) in [6, 6.07) is 55.4. The molecule has 11 rings (SSSR count). The molecule has 0 amide bonds. The van der Waals surface area contributed by atoms with E-state index >= 15 is 0 Å². The Hall–Kier alpha value is -6.12.